The zero-order valence-corrected chi connectivity index (χ0v) is 18.9. The van der Waals surface area contributed by atoms with Crippen molar-refractivity contribution in [3.63, 3.8) is 0 Å². The number of aryl methyl sites for hydroxylation is 3. The molecule has 5 nitrogen and oxygen atoms in total. The molecule has 3 aromatic rings. The van der Waals surface area contributed by atoms with E-state index in [-0.39, 0.29) is 11.9 Å². The number of carbonyl (C=O) groups excluding carboxylic acids is 2. The number of nitrogens with zero attached hydrogens (tertiary/aromatic N) is 1. The van der Waals surface area contributed by atoms with Crippen LogP contribution >= 0.6 is 0 Å². The molecule has 0 atom stereocenters. The van der Waals surface area contributed by atoms with Crippen LogP contribution < -0.4 is 5.32 Å². The second-order valence-corrected chi connectivity index (χ2v) is 7.86. The van der Waals surface area contributed by atoms with Gasteiger partial charge in [-0.1, -0.05) is 35.9 Å². The van der Waals surface area contributed by atoms with Crippen LogP contribution in [0, 0.1) is 27.7 Å². The van der Waals surface area contributed by atoms with E-state index in [1.807, 2.05) is 80.8 Å². The standard InChI is InChI=1S/C26H30N2O3/c1-6-31-26(30)23-16-24(21-10-7-17(2)8-11-21)28(20(23)5)14-13-25(29)27-22-12-9-18(3)19(4)15-22/h7-12,15-16H,6,13-14H2,1-5H3,(H,27,29). The molecule has 3 rings (SSSR count). The quantitative estimate of drug-likeness (QED) is 0.509. The first-order valence-corrected chi connectivity index (χ1v) is 10.6. The molecule has 0 spiro atoms. The second kappa shape index (κ2) is 9.65. The van der Waals surface area contributed by atoms with Crippen LogP contribution in [0.3, 0.4) is 0 Å². The minimum absolute atomic E-state index is 0.0658. The molecule has 0 radical (unpaired) electrons. The lowest BCUT2D eigenvalue weighted by Gasteiger charge is -2.13. The lowest BCUT2D eigenvalue weighted by atomic mass is 10.1. The normalized spacial score (nSPS) is 10.7. The Kier molecular flexibility index (Phi) is 6.95. The smallest absolute Gasteiger partial charge is 0.339 e. The molecule has 2 aromatic carbocycles. The molecule has 0 aliphatic carbocycles. The number of hydrogen-bond donors (Lipinski definition) is 1. The molecule has 31 heavy (non-hydrogen) atoms. The Hall–Kier alpha value is -3.34. The Morgan fingerprint density at radius 1 is 0.935 bits per heavy atom. The first-order chi connectivity index (χ1) is 14.8. The predicted molar refractivity (Wildman–Crippen MR) is 124 cm³/mol. The number of aromatic nitrogens is 1. The fraction of sp³-hybridized carbons (Fsp3) is 0.308. The van der Waals surface area contributed by atoms with Crippen LogP contribution in [-0.4, -0.2) is 23.1 Å². The van der Waals surface area contributed by atoms with Crippen molar-refractivity contribution < 1.29 is 14.3 Å². The molecule has 0 unspecified atom stereocenters. The minimum atomic E-state index is -0.341. The summed E-state index contributed by atoms with van der Waals surface area (Å²) in [5, 5.41) is 2.97. The largest absolute Gasteiger partial charge is 0.462 e. The van der Waals surface area contributed by atoms with Gasteiger partial charge in [0.1, 0.15) is 0 Å². The van der Waals surface area contributed by atoms with Gasteiger partial charge in [-0.25, -0.2) is 4.79 Å². The van der Waals surface area contributed by atoms with Gasteiger partial charge >= 0.3 is 5.97 Å². The van der Waals surface area contributed by atoms with Gasteiger partial charge in [0.05, 0.1) is 12.2 Å². The summed E-state index contributed by atoms with van der Waals surface area (Å²) in [7, 11) is 0. The molecule has 0 aliphatic rings. The van der Waals surface area contributed by atoms with Gasteiger partial charge in [-0.2, -0.15) is 0 Å². The van der Waals surface area contributed by atoms with E-state index in [0.29, 0.717) is 25.1 Å². The lowest BCUT2D eigenvalue weighted by Crippen LogP contribution is -2.16. The summed E-state index contributed by atoms with van der Waals surface area (Å²) in [4.78, 5) is 25.1. The number of carbonyl (C=O) groups is 2. The molecule has 1 amide bonds. The van der Waals surface area contributed by atoms with Gasteiger partial charge in [-0.15, -0.1) is 0 Å². The van der Waals surface area contributed by atoms with Crippen LogP contribution in [0.25, 0.3) is 11.3 Å². The van der Waals surface area contributed by atoms with Crippen LogP contribution in [-0.2, 0) is 16.1 Å². The summed E-state index contributed by atoms with van der Waals surface area (Å²) in [6.07, 6.45) is 0.295. The number of rotatable bonds is 7. The first kappa shape index (κ1) is 22.3. The molecule has 1 heterocycles. The molecule has 1 aromatic heterocycles. The number of benzene rings is 2. The second-order valence-electron chi connectivity index (χ2n) is 7.86. The third kappa shape index (κ3) is 5.23. The average Bonchev–Trinajstić information content (AvgIpc) is 3.06. The van der Waals surface area contributed by atoms with Crippen molar-refractivity contribution >= 4 is 17.6 Å². The molecular formula is C26H30N2O3. The summed E-state index contributed by atoms with van der Waals surface area (Å²) in [5.41, 5.74) is 7.52. The third-order valence-corrected chi connectivity index (χ3v) is 5.56. The van der Waals surface area contributed by atoms with Crippen LogP contribution in [0.5, 0.6) is 0 Å². The fourth-order valence-electron chi connectivity index (χ4n) is 3.57. The summed E-state index contributed by atoms with van der Waals surface area (Å²) in [6, 6.07) is 15.9. The number of hydrogen-bond acceptors (Lipinski definition) is 3. The first-order valence-electron chi connectivity index (χ1n) is 10.6. The van der Waals surface area contributed by atoms with Gasteiger partial charge in [0.15, 0.2) is 0 Å². The Labute approximate surface area is 184 Å². The van der Waals surface area contributed by atoms with E-state index >= 15 is 0 Å². The van der Waals surface area contributed by atoms with Gasteiger partial charge in [0.25, 0.3) is 0 Å². The summed E-state index contributed by atoms with van der Waals surface area (Å²) < 4.78 is 7.25. The van der Waals surface area contributed by atoms with E-state index in [2.05, 4.69) is 5.32 Å². The maximum atomic E-state index is 12.6. The van der Waals surface area contributed by atoms with Gasteiger partial charge in [-0.3, -0.25) is 4.79 Å². The van der Waals surface area contributed by atoms with Crippen molar-refractivity contribution in [2.45, 2.75) is 47.6 Å². The molecule has 162 valence electrons. The van der Waals surface area contributed by atoms with Crippen LogP contribution in [0.1, 0.15) is 46.1 Å². The monoisotopic (exact) mass is 418 g/mol. The van der Waals surface area contributed by atoms with Gasteiger partial charge in [-0.05, 0) is 69.5 Å². The zero-order valence-electron chi connectivity index (χ0n) is 18.9. The van der Waals surface area contributed by atoms with Crippen molar-refractivity contribution in [2.75, 3.05) is 11.9 Å². The van der Waals surface area contributed by atoms with Crippen LogP contribution in [0.15, 0.2) is 48.5 Å². The molecule has 0 aliphatic heterocycles. The Bertz CT molecular complexity index is 1090. The summed E-state index contributed by atoms with van der Waals surface area (Å²) >= 11 is 0. The van der Waals surface area contributed by atoms with E-state index in [0.717, 1.165) is 33.8 Å². The molecule has 5 heteroatoms. The maximum Gasteiger partial charge on any atom is 0.339 e. The minimum Gasteiger partial charge on any atom is -0.462 e. The SMILES string of the molecule is CCOC(=O)c1cc(-c2ccc(C)cc2)n(CCC(=O)Nc2ccc(C)c(C)c2)c1C. The third-order valence-electron chi connectivity index (χ3n) is 5.56. The van der Waals surface area contributed by atoms with Crippen molar-refractivity contribution in [1.29, 1.82) is 0 Å². The Morgan fingerprint density at radius 2 is 1.65 bits per heavy atom. The Morgan fingerprint density at radius 3 is 2.29 bits per heavy atom. The summed E-state index contributed by atoms with van der Waals surface area (Å²) in [5.74, 6) is -0.407. The number of esters is 1. The topological polar surface area (TPSA) is 60.3 Å². The molecule has 0 saturated heterocycles. The zero-order chi connectivity index (χ0) is 22.5. The van der Waals surface area contributed by atoms with Gasteiger partial charge in [0.2, 0.25) is 5.91 Å². The highest BCUT2D eigenvalue weighted by Gasteiger charge is 2.20. The lowest BCUT2D eigenvalue weighted by molar-refractivity contribution is -0.116. The highest BCUT2D eigenvalue weighted by Crippen LogP contribution is 2.27. The van der Waals surface area contributed by atoms with E-state index in [9.17, 15) is 9.59 Å². The van der Waals surface area contributed by atoms with E-state index in [4.69, 9.17) is 4.74 Å². The fourth-order valence-corrected chi connectivity index (χ4v) is 3.57. The molecule has 1 N–H and O–H groups in total. The van der Waals surface area contributed by atoms with E-state index in [1.165, 1.54) is 5.56 Å². The summed E-state index contributed by atoms with van der Waals surface area (Å²) in [6.45, 7) is 10.6. The number of anilines is 1. The molecule has 0 fully saturated rings. The van der Waals surface area contributed by atoms with Crippen molar-refractivity contribution in [1.82, 2.24) is 4.57 Å². The molecule has 0 bridgehead atoms. The van der Waals surface area contributed by atoms with Gasteiger partial charge in [0, 0.05) is 30.0 Å². The van der Waals surface area contributed by atoms with Gasteiger partial charge < -0.3 is 14.6 Å². The number of nitrogens with one attached hydrogen (secondary N) is 1. The Balaban J connectivity index is 1.84. The van der Waals surface area contributed by atoms with Crippen LogP contribution in [0.2, 0.25) is 0 Å². The van der Waals surface area contributed by atoms with Crippen molar-refractivity contribution in [3.8, 4) is 11.3 Å². The maximum absolute atomic E-state index is 12.6. The van der Waals surface area contributed by atoms with Crippen molar-refractivity contribution in [3.05, 3.63) is 76.5 Å². The van der Waals surface area contributed by atoms with E-state index in [1.54, 1.807) is 6.92 Å². The molecular weight excluding hydrogens is 388 g/mol. The van der Waals surface area contributed by atoms with E-state index < -0.39 is 0 Å². The average molecular weight is 419 g/mol. The highest BCUT2D eigenvalue weighted by atomic mass is 16.5. The molecule has 0 saturated carbocycles. The number of amides is 1. The predicted octanol–water partition coefficient (Wildman–Crippen LogP) is 5.59. The number of ether oxygens (including phenoxy) is 1. The van der Waals surface area contributed by atoms with Crippen molar-refractivity contribution in [2.24, 2.45) is 0 Å². The van der Waals surface area contributed by atoms with Crippen LogP contribution in [0.4, 0.5) is 5.69 Å². The highest BCUT2D eigenvalue weighted by molar-refractivity contribution is 5.93.